The van der Waals surface area contributed by atoms with E-state index in [2.05, 4.69) is 4.72 Å². The average Bonchev–Trinajstić information content (AvgIpc) is 2.65. The first-order chi connectivity index (χ1) is 9.22. The van der Waals surface area contributed by atoms with Crippen LogP contribution in [0.4, 0.5) is 5.69 Å². The van der Waals surface area contributed by atoms with Crippen LogP contribution in [-0.2, 0) is 14.8 Å². The van der Waals surface area contributed by atoms with Gasteiger partial charge in [0.15, 0.2) is 0 Å². The molecule has 0 saturated carbocycles. The van der Waals surface area contributed by atoms with Gasteiger partial charge in [-0.15, -0.1) is 0 Å². The Kier molecular flexibility index (Phi) is 3.75. The van der Waals surface area contributed by atoms with Gasteiger partial charge in [-0.25, -0.2) is 8.42 Å². The summed E-state index contributed by atoms with van der Waals surface area (Å²) in [6.45, 7) is 4.24. The molecule has 1 aliphatic rings. The lowest BCUT2D eigenvalue weighted by atomic mass is 10.1. The molecule has 1 amide bonds. The number of rotatable bonds is 3. The number of sulfonamides is 1. The monoisotopic (exact) mass is 297 g/mol. The topological polar surface area (TPSA) is 92.5 Å². The number of hydrogen-bond donors (Lipinski definition) is 2. The zero-order chi connectivity index (χ0) is 15.1. The molecule has 7 heteroatoms. The first-order valence-corrected chi connectivity index (χ1v) is 7.84. The molecular formula is C13H19N3O3S. The van der Waals surface area contributed by atoms with Gasteiger partial charge >= 0.3 is 0 Å². The van der Waals surface area contributed by atoms with Crippen molar-refractivity contribution in [2.24, 2.45) is 0 Å². The minimum absolute atomic E-state index is 0.0305. The average molecular weight is 297 g/mol. The van der Waals surface area contributed by atoms with Crippen molar-refractivity contribution < 1.29 is 13.2 Å². The third-order valence-electron chi connectivity index (χ3n) is 3.64. The summed E-state index contributed by atoms with van der Waals surface area (Å²) in [5.41, 5.74) is 7.76. The predicted octanol–water partition coefficient (Wildman–Crippen LogP) is 0.395. The molecule has 1 unspecified atom stereocenters. The molecule has 110 valence electrons. The standard InChI is InChI=1S/C13H19N3O3S/c1-8-6-10(14)12(7-9(8)2)20(18,19)15-11-4-5-16(3)13(11)17/h6-7,11,15H,4-5,14H2,1-3H3. The smallest absolute Gasteiger partial charge is 0.243 e. The summed E-state index contributed by atoms with van der Waals surface area (Å²) in [7, 11) is -2.14. The van der Waals surface area contributed by atoms with Crippen LogP contribution in [0.1, 0.15) is 17.5 Å². The van der Waals surface area contributed by atoms with Crippen molar-refractivity contribution in [1.82, 2.24) is 9.62 Å². The van der Waals surface area contributed by atoms with E-state index in [1.54, 1.807) is 13.1 Å². The molecule has 1 aromatic rings. The molecule has 1 aliphatic heterocycles. The highest BCUT2D eigenvalue weighted by Gasteiger charge is 2.33. The number of amides is 1. The second kappa shape index (κ2) is 5.06. The molecule has 0 radical (unpaired) electrons. The Labute approximate surface area is 119 Å². The number of nitrogen functional groups attached to an aromatic ring is 1. The maximum Gasteiger partial charge on any atom is 0.243 e. The van der Waals surface area contributed by atoms with Crippen molar-refractivity contribution in [3.8, 4) is 0 Å². The predicted molar refractivity (Wildman–Crippen MR) is 76.7 cm³/mol. The van der Waals surface area contributed by atoms with Gasteiger partial charge < -0.3 is 10.6 Å². The Bertz CT molecular complexity index is 655. The van der Waals surface area contributed by atoms with Crippen molar-refractivity contribution in [3.05, 3.63) is 23.3 Å². The molecule has 0 aliphatic carbocycles. The first-order valence-electron chi connectivity index (χ1n) is 6.36. The van der Waals surface area contributed by atoms with Gasteiger partial charge in [-0.3, -0.25) is 4.79 Å². The molecule has 1 heterocycles. The Balaban J connectivity index is 2.32. The summed E-state index contributed by atoms with van der Waals surface area (Å²) in [4.78, 5) is 13.3. The number of nitrogens with two attached hydrogens (primary N) is 1. The van der Waals surface area contributed by atoms with E-state index in [0.29, 0.717) is 13.0 Å². The van der Waals surface area contributed by atoms with Gasteiger partial charge in [0, 0.05) is 13.6 Å². The highest BCUT2D eigenvalue weighted by molar-refractivity contribution is 7.89. The van der Waals surface area contributed by atoms with Crippen molar-refractivity contribution in [2.45, 2.75) is 31.2 Å². The van der Waals surface area contributed by atoms with Gasteiger partial charge in [0.2, 0.25) is 15.9 Å². The van der Waals surface area contributed by atoms with Crippen LogP contribution in [0, 0.1) is 13.8 Å². The largest absolute Gasteiger partial charge is 0.398 e. The minimum Gasteiger partial charge on any atom is -0.398 e. The second-order valence-corrected chi connectivity index (χ2v) is 6.88. The zero-order valence-electron chi connectivity index (χ0n) is 11.8. The number of carbonyl (C=O) groups excluding carboxylic acids is 1. The SMILES string of the molecule is Cc1cc(N)c(S(=O)(=O)NC2CCN(C)C2=O)cc1C. The van der Waals surface area contributed by atoms with Crippen LogP contribution in [0.3, 0.4) is 0 Å². The highest BCUT2D eigenvalue weighted by atomic mass is 32.2. The highest BCUT2D eigenvalue weighted by Crippen LogP contribution is 2.23. The van der Waals surface area contributed by atoms with Crippen LogP contribution in [-0.4, -0.2) is 38.9 Å². The molecule has 1 aromatic carbocycles. The number of aryl methyl sites for hydroxylation is 2. The third kappa shape index (κ3) is 2.64. The van der Waals surface area contributed by atoms with Gasteiger partial charge in [0.1, 0.15) is 10.9 Å². The van der Waals surface area contributed by atoms with Crippen molar-refractivity contribution >= 4 is 21.6 Å². The normalized spacial score (nSPS) is 19.6. The fourth-order valence-corrected chi connectivity index (χ4v) is 3.65. The van der Waals surface area contributed by atoms with E-state index < -0.39 is 16.1 Å². The summed E-state index contributed by atoms with van der Waals surface area (Å²) in [5, 5.41) is 0. The number of carbonyl (C=O) groups is 1. The van der Waals surface area contributed by atoms with Crippen LogP contribution in [0.25, 0.3) is 0 Å². The summed E-state index contributed by atoms with van der Waals surface area (Å²) in [6, 6.07) is 2.47. The van der Waals surface area contributed by atoms with Gasteiger partial charge in [-0.2, -0.15) is 4.72 Å². The fourth-order valence-electron chi connectivity index (χ4n) is 2.23. The summed E-state index contributed by atoms with van der Waals surface area (Å²) >= 11 is 0. The van der Waals surface area contributed by atoms with E-state index in [9.17, 15) is 13.2 Å². The fraction of sp³-hybridized carbons (Fsp3) is 0.462. The van der Waals surface area contributed by atoms with Crippen molar-refractivity contribution in [1.29, 1.82) is 0 Å². The molecule has 0 bridgehead atoms. The molecule has 1 atom stereocenters. The number of nitrogens with zero attached hydrogens (tertiary/aromatic N) is 1. The molecule has 0 aromatic heterocycles. The minimum atomic E-state index is -3.79. The van der Waals surface area contributed by atoms with Crippen LogP contribution in [0.2, 0.25) is 0 Å². The van der Waals surface area contributed by atoms with E-state index in [0.717, 1.165) is 11.1 Å². The first kappa shape index (κ1) is 14.8. The number of benzene rings is 1. The second-order valence-electron chi connectivity index (χ2n) is 5.20. The Hall–Kier alpha value is -1.60. The number of anilines is 1. The van der Waals surface area contributed by atoms with Crippen LogP contribution in [0.5, 0.6) is 0 Å². The molecule has 6 nitrogen and oxygen atoms in total. The van der Waals surface area contributed by atoms with Crippen molar-refractivity contribution in [2.75, 3.05) is 19.3 Å². The van der Waals surface area contributed by atoms with Gasteiger partial charge in [0.25, 0.3) is 0 Å². The summed E-state index contributed by atoms with van der Waals surface area (Å²) < 4.78 is 27.2. The number of likely N-dealkylation sites (tertiary alicyclic amines) is 1. The summed E-state index contributed by atoms with van der Waals surface area (Å²) in [5.74, 6) is -0.212. The maximum atomic E-state index is 12.4. The Morgan fingerprint density at radius 1 is 1.30 bits per heavy atom. The van der Waals surface area contributed by atoms with E-state index in [-0.39, 0.29) is 16.5 Å². The lowest BCUT2D eigenvalue weighted by Gasteiger charge is -2.15. The zero-order valence-corrected chi connectivity index (χ0v) is 12.6. The number of likely N-dealkylation sites (N-methyl/N-ethyl adjacent to an activating group) is 1. The van der Waals surface area contributed by atoms with Gasteiger partial charge in [-0.1, -0.05) is 0 Å². The molecule has 20 heavy (non-hydrogen) atoms. The Morgan fingerprint density at radius 3 is 2.45 bits per heavy atom. The van der Waals surface area contributed by atoms with Crippen LogP contribution < -0.4 is 10.5 Å². The van der Waals surface area contributed by atoms with E-state index in [1.807, 2.05) is 13.8 Å². The van der Waals surface area contributed by atoms with Gasteiger partial charge in [0.05, 0.1) is 5.69 Å². The van der Waals surface area contributed by atoms with E-state index in [4.69, 9.17) is 5.73 Å². The van der Waals surface area contributed by atoms with Gasteiger partial charge in [-0.05, 0) is 43.5 Å². The molecule has 3 N–H and O–H groups in total. The lowest BCUT2D eigenvalue weighted by Crippen LogP contribution is -2.40. The molecule has 2 rings (SSSR count). The maximum absolute atomic E-state index is 12.4. The van der Waals surface area contributed by atoms with Crippen LogP contribution >= 0.6 is 0 Å². The van der Waals surface area contributed by atoms with E-state index in [1.165, 1.54) is 11.0 Å². The molecule has 0 spiro atoms. The van der Waals surface area contributed by atoms with Crippen molar-refractivity contribution in [3.63, 3.8) is 0 Å². The molecule has 1 saturated heterocycles. The van der Waals surface area contributed by atoms with E-state index >= 15 is 0 Å². The quantitative estimate of drug-likeness (QED) is 0.790. The lowest BCUT2D eigenvalue weighted by molar-refractivity contribution is -0.127. The third-order valence-corrected chi connectivity index (χ3v) is 5.17. The molecule has 1 fully saturated rings. The summed E-state index contributed by atoms with van der Waals surface area (Å²) in [6.07, 6.45) is 0.472. The van der Waals surface area contributed by atoms with Crippen LogP contribution in [0.15, 0.2) is 17.0 Å². The molecular weight excluding hydrogens is 278 g/mol. The number of hydrogen-bond acceptors (Lipinski definition) is 4. The Morgan fingerprint density at radius 2 is 1.90 bits per heavy atom. The number of nitrogens with one attached hydrogen (secondary N) is 1.